The number of anilines is 1. The number of carbonyl (C=O) groups is 1. The van der Waals surface area contributed by atoms with Crippen LogP contribution in [0.1, 0.15) is 23.7 Å². The predicted molar refractivity (Wildman–Crippen MR) is 97.1 cm³/mol. The van der Waals surface area contributed by atoms with Gasteiger partial charge in [0.15, 0.2) is 0 Å². The Balaban J connectivity index is 1.95. The van der Waals surface area contributed by atoms with Crippen molar-refractivity contribution in [1.82, 2.24) is 4.72 Å². The SMILES string of the molecule is CCOCCCNS(=O)(=O)c1ccc(NC(=O)c2cccc(F)c2)cc1. The fraction of sp³-hybridized carbons (Fsp3) is 0.278. The average molecular weight is 380 g/mol. The van der Waals surface area contributed by atoms with Crippen molar-refractivity contribution in [2.75, 3.05) is 25.1 Å². The van der Waals surface area contributed by atoms with Crippen molar-refractivity contribution in [2.45, 2.75) is 18.2 Å². The Morgan fingerprint density at radius 3 is 2.54 bits per heavy atom. The summed E-state index contributed by atoms with van der Waals surface area (Å²) in [6.45, 7) is 3.23. The minimum atomic E-state index is -3.62. The molecule has 0 fully saturated rings. The number of halogens is 1. The first kappa shape index (κ1) is 20.0. The molecule has 0 aliphatic rings. The standard InChI is InChI=1S/C18H21FN2O4S/c1-2-25-12-4-11-20-26(23,24)17-9-7-16(8-10-17)21-18(22)14-5-3-6-15(19)13-14/h3,5-10,13,20H,2,4,11-12H2,1H3,(H,21,22). The van der Waals surface area contributed by atoms with Gasteiger partial charge in [0.25, 0.3) is 5.91 Å². The molecule has 2 N–H and O–H groups in total. The Kier molecular flexibility index (Phi) is 7.26. The highest BCUT2D eigenvalue weighted by atomic mass is 32.2. The molecule has 140 valence electrons. The van der Waals surface area contributed by atoms with E-state index >= 15 is 0 Å². The number of benzene rings is 2. The third kappa shape index (κ3) is 5.91. The van der Waals surface area contributed by atoms with Crippen LogP contribution in [0.15, 0.2) is 53.4 Å². The summed E-state index contributed by atoms with van der Waals surface area (Å²) in [6, 6.07) is 11.1. The zero-order valence-electron chi connectivity index (χ0n) is 14.4. The molecule has 0 unspecified atom stereocenters. The Hall–Kier alpha value is -2.29. The molecule has 2 aromatic carbocycles. The van der Waals surface area contributed by atoms with Crippen molar-refractivity contribution >= 4 is 21.6 Å². The lowest BCUT2D eigenvalue weighted by molar-refractivity contribution is 0.102. The van der Waals surface area contributed by atoms with Crippen molar-refractivity contribution in [3.8, 4) is 0 Å². The summed E-state index contributed by atoms with van der Waals surface area (Å²) in [7, 11) is -3.62. The van der Waals surface area contributed by atoms with Crippen LogP contribution in [0, 0.1) is 5.82 Å². The van der Waals surface area contributed by atoms with Gasteiger partial charge >= 0.3 is 0 Å². The summed E-state index contributed by atoms with van der Waals surface area (Å²) in [5.74, 6) is -0.983. The third-order valence-electron chi connectivity index (χ3n) is 3.47. The monoisotopic (exact) mass is 380 g/mol. The van der Waals surface area contributed by atoms with E-state index in [9.17, 15) is 17.6 Å². The first-order valence-electron chi connectivity index (χ1n) is 8.17. The smallest absolute Gasteiger partial charge is 0.255 e. The minimum absolute atomic E-state index is 0.0951. The number of hydrogen-bond acceptors (Lipinski definition) is 4. The summed E-state index contributed by atoms with van der Waals surface area (Å²) in [5.41, 5.74) is 0.590. The number of hydrogen-bond donors (Lipinski definition) is 2. The van der Waals surface area contributed by atoms with Gasteiger partial charge in [-0.1, -0.05) is 6.07 Å². The molecule has 0 aliphatic carbocycles. The molecule has 0 bridgehead atoms. The summed E-state index contributed by atoms with van der Waals surface area (Å²) < 4.78 is 45.2. The van der Waals surface area contributed by atoms with Crippen molar-refractivity contribution in [3.63, 3.8) is 0 Å². The number of amides is 1. The lowest BCUT2D eigenvalue weighted by Crippen LogP contribution is -2.25. The molecule has 0 aliphatic heterocycles. The van der Waals surface area contributed by atoms with E-state index in [2.05, 4.69) is 10.0 Å². The third-order valence-corrected chi connectivity index (χ3v) is 4.95. The van der Waals surface area contributed by atoms with Crippen LogP contribution in [-0.4, -0.2) is 34.1 Å². The molecule has 0 saturated carbocycles. The second-order valence-corrected chi connectivity index (χ2v) is 7.20. The zero-order chi connectivity index (χ0) is 19.0. The van der Waals surface area contributed by atoms with Gasteiger partial charge in [0.1, 0.15) is 5.82 Å². The molecule has 0 saturated heterocycles. The molecule has 0 heterocycles. The molecule has 1 amide bonds. The van der Waals surface area contributed by atoms with Crippen LogP contribution in [0.4, 0.5) is 10.1 Å². The van der Waals surface area contributed by atoms with Gasteiger partial charge in [0, 0.05) is 31.0 Å². The lowest BCUT2D eigenvalue weighted by atomic mass is 10.2. The highest BCUT2D eigenvalue weighted by molar-refractivity contribution is 7.89. The summed E-state index contributed by atoms with van der Waals surface area (Å²) >= 11 is 0. The number of ether oxygens (including phenoxy) is 1. The first-order valence-corrected chi connectivity index (χ1v) is 9.65. The van der Waals surface area contributed by atoms with Crippen molar-refractivity contribution in [1.29, 1.82) is 0 Å². The largest absolute Gasteiger partial charge is 0.382 e. The van der Waals surface area contributed by atoms with E-state index in [1.54, 1.807) is 0 Å². The van der Waals surface area contributed by atoms with Gasteiger partial charge in [-0.2, -0.15) is 0 Å². The topological polar surface area (TPSA) is 84.5 Å². The maximum absolute atomic E-state index is 13.2. The maximum Gasteiger partial charge on any atom is 0.255 e. The van der Waals surface area contributed by atoms with E-state index in [4.69, 9.17) is 4.74 Å². The maximum atomic E-state index is 13.2. The molecule has 6 nitrogen and oxygen atoms in total. The number of rotatable bonds is 9. The van der Waals surface area contributed by atoms with E-state index in [1.807, 2.05) is 6.92 Å². The van der Waals surface area contributed by atoms with Crippen LogP contribution >= 0.6 is 0 Å². The van der Waals surface area contributed by atoms with Crippen molar-refractivity contribution < 1.29 is 22.3 Å². The van der Waals surface area contributed by atoms with Crippen LogP contribution in [-0.2, 0) is 14.8 Å². The molecule has 0 atom stereocenters. The quantitative estimate of drug-likeness (QED) is 0.655. The molecule has 2 aromatic rings. The molecule has 0 spiro atoms. The van der Waals surface area contributed by atoms with Crippen molar-refractivity contribution in [2.24, 2.45) is 0 Å². The summed E-state index contributed by atoms with van der Waals surface area (Å²) in [6.07, 6.45) is 0.578. The number of nitrogens with one attached hydrogen (secondary N) is 2. The average Bonchev–Trinajstić information content (AvgIpc) is 2.62. The van der Waals surface area contributed by atoms with E-state index in [-0.39, 0.29) is 17.0 Å². The van der Waals surface area contributed by atoms with E-state index in [1.165, 1.54) is 42.5 Å². The van der Waals surface area contributed by atoms with Crippen LogP contribution in [0.5, 0.6) is 0 Å². The number of carbonyl (C=O) groups excluding carboxylic acids is 1. The Labute approximate surface area is 152 Å². The van der Waals surface area contributed by atoms with E-state index in [0.717, 1.165) is 6.07 Å². The molecule has 26 heavy (non-hydrogen) atoms. The van der Waals surface area contributed by atoms with E-state index in [0.29, 0.717) is 25.3 Å². The van der Waals surface area contributed by atoms with Gasteiger partial charge < -0.3 is 10.1 Å². The van der Waals surface area contributed by atoms with Gasteiger partial charge in [0.05, 0.1) is 4.90 Å². The minimum Gasteiger partial charge on any atom is -0.382 e. The second-order valence-electron chi connectivity index (χ2n) is 5.44. The lowest BCUT2D eigenvalue weighted by Gasteiger charge is -2.09. The van der Waals surface area contributed by atoms with E-state index < -0.39 is 21.7 Å². The molecule has 0 aromatic heterocycles. The highest BCUT2D eigenvalue weighted by Crippen LogP contribution is 2.15. The van der Waals surface area contributed by atoms with Gasteiger partial charge in [-0.05, 0) is 55.8 Å². The van der Waals surface area contributed by atoms with Gasteiger partial charge in [-0.25, -0.2) is 17.5 Å². The second kappa shape index (κ2) is 9.42. The number of sulfonamides is 1. The summed E-state index contributed by atoms with van der Waals surface area (Å²) in [5, 5.41) is 2.59. The molecule has 8 heteroatoms. The fourth-order valence-corrected chi connectivity index (χ4v) is 3.23. The molecular formula is C18H21FN2O4S. The van der Waals surface area contributed by atoms with Crippen LogP contribution in [0.25, 0.3) is 0 Å². The molecular weight excluding hydrogens is 359 g/mol. The fourth-order valence-electron chi connectivity index (χ4n) is 2.16. The summed E-state index contributed by atoms with van der Waals surface area (Å²) in [4.78, 5) is 12.2. The van der Waals surface area contributed by atoms with Crippen LogP contribution in [0.3, 0.4) is 0 Å². The van der Waals surface area contributed by atoms with Crippen molar-refractivity contribution in [3.05, 3.63) is 59.9 Å². The first-order chi connectivity index (χ1) is 12.4. The molecule has 0 radical (unpaired) electrons. The normalized spacial score (nSPS) is 11.3. The zero-order valence-corrected chi connectivity index (χ0v) is 15.2. The van der Waals surface area contributed by atoms with Crippen LogP contribution in [0.2, 0.25) is 0 Å². The molecule has 2 rings (SSSR count). The predicted octanol–water partition coefficient (Wildman–Crippen LogP) is 2.78. The Bertz CT molecular complexity index is 839. The van der Waals surface area contributed by atoms with Gasteiger partial charge in [0.2, 0.25) is 10.0 Å². The van der Waals surface area contributed by atoms with Crippen LogP contribution < -0.4 is 10.0 Å². The van der Waals surface area contributed by atoms with Gasteiger partial charge in [-0.3, -0.25) is 4.79 Å². The Morgan fingerprint density at radius 2 is 1.88 bits per heavy atom. The highest BCUT2D eigenvalue weighted by Gasteiger charge is 2.13. The van der Waals surface area contributed by atoms with Gasteiger partial charge in [-0.15, -0.1) is 0 Å². The Morgan fingerprint density at radius 1 is 1.15 bits per heavy atom.